The number of hydrogen-bond donors (Lipinski definition) is 0. The molecule has 0 aromatic carbocycles. The number of allylic oxidation sites excluding steroid dienone is 8. The second-order valence-corrected chi connectivity index (χ2v) is 16.7. The topological polar surface area (TPSA) is 78.9 Å². The van der Waals surface area contributed by atoms with Crippen LogP contribution in [0.2, 0.25) is 0 Å². The molecule has 59 heavy (non-hydrogen) atoms. The summed E-state index contributed by atoms with van der Waals surface area (Å²) in [5.41, 5.74) is 0. The van der Waals surface area contributed by atoms with Crippen LogP contribution in [-0.2, 0) is 28.6 Å². The Balaban J connectivity index is 4.39. The Bertz CT molecular complexity index is 1040. The maximum Gasteiger partial charge on any atom is 0.306 e. The Hall–Kier alpha value is -2.63. The first kappa shape index (κ1) is 56.4. The van der Waals surface area contributed by atoms with Crippen LogP contribution >= 0.6 is 0 Å². The van der Waals surface area contributed by atoms with E-state index in [9.17, 15) is 14.4 Å². The van der Waals surface area contributed by atoms with E-state index in [0.29, 0.717) is 19.3 Å². The summed E-state index contributed by atoms with van der Waals surface area (Å²) in [6.07, 6.45) is 56.6. The molecular weight excluding hydrogens is 733 g/mol. The number of ether oxygens (including phenoxy) is 3. The summed E-state index contributed by atoms with van der Waals surface area (Å²) in [5.74, 6) is -0.901. The van der Waals surface area contributed by atoms with Crippen LogP contribution < -0.4 is 0 Å². The summed E-state index contributed by atoms with van der Waals surface area (Å²) in [6.45, 7) is 6.49. The molecule has 0 heterocycles. The zero-order chi connectivity index (χ0) is 43.0. The molecule has 0 aliphatic heterocycles. The maximum atomic E-state index is 12.8. The van der Waals surface area contributed by atoms with Crippen molar-refractivity contribution < 1.29 is 28.6 Å². The van der Waals surface area contributed by atoms with Crippen LogP contribution in [0.1, 0.15) is 252 Å². The molecule has 0 amide bonds. The van der Waals surface area contributed by atoms with E-state index >= 15 is 0 Å². The highest BCUT2D eigenvalue weighted by Gasteiger charge is 2.19. The van der Waals surface area contributed by atoms with Gasteiger partial charge in [-0.15, -0.1) is 0 Å². The molecule has 0 radical (unpaired) electrons. The van der Waals surface area contributed by atoms with E-state index in [2.05, 4.69) is 69.4 Å². The molecule has 6 heteroatoms. The fourth-order valence-electron chi connectivity index (χ4n) is 7.06. The second kappa shape index (κ2) is 48.0. The Morgan fingerprint density at radius 2 is 0.712 bits per heavy atom. The minimum atomic E-state index is -0.779. The second-order valence-electron chi connectivity index (χ2n) is 16.7. The first-order valence-electron chi connectivity index (χ1n) is 25.2. The number of carbonyl (C=O) groups excluding carboxylic acids is 3. The first-order valence-corrected chi connectivity index (χ1v) is 25.2. The standard InChI is InChI=1S/C53H94O6/c1-4-7-10-13-16-19-22-25-27-29-31-34-37-40-43-46-52(55)58-49-50(48-57-51(54)45-42-39-36-33-30-24-21-18-15-12-9-6-3)59-53(56)47-44-41-38-35-32-28-26-23-20-17-14-11-8-5-2/h9,12,16,18-19,21-22,25,50H,4-8,10-11,13-15,17,20,23-24,26-49H2,1-3H3/b12-9-,19-16-,21-18-,25-22-. The Morgan fingerprint density at radius 1 is 0.373 bits per heavy atom. The largest absolute Gasteiger partial charge is 0.462 e. The van der Waals surface area contributed by atoms with Gasteiger partial charge in [-0.05, 0) is 70.6 Å². The summed E-state index contributed by atoms with van der Waals surface area (Å²) in [4.78, 5) is 37.9. The average molecular weight is 827 g/mol. The molecule has 1 unspecified atom stereocenters. The smallest absolute Gasteiger partial charge is 0.306 e. The van der Waals surface area contributed by atoms with Gasteiger partial charge in [0.1, 0.15) is 13.2 Å². The van der Waals surface area contributed by atoms with Crippen LogP contribution in [0.25, 0.3) is 0 Å². The minimum Gasteiger partial charge on any atom is -0.462 e. The zero-order valence-corrected chi connectivity index (χ0v) is 39.0. The van der Waals surface area contributed by atoms with E-state index < -0.39 is 6.10 Å². The Morgan fingerprint density at radius 3 is 1.15 bits per heavy atom. The number of hydrogen-bond acceptors (Lipinski definition) is 6. The van der Waals surface area contributed by atoms with Gasteiger partial charge >= 0.3 is 17.9 Å². The summed E-state index contributed by atoms with van der Waals surface area (Å²) in [6, 6.07) is 0. The molecule has 0 saturated carbocycles. The van der Waals surface area contributed by atoms with Crippen molar-refractivity contribution in [3.63, 3.8) is 0 Å². The normalized spacial score (nSPS) is 12.4. The van der Waals surface area contributed by atoms with Gasteiger partial charge in [-0.25, -0.2) is 0 Å². The maximum absolute atomic E-state index is 12.8. The lowest BCUT2D eigenvalue weighted by molar-refractivity contribution is -0.167. The molecule has 6 nitrogen and oxygen atoms in total. The van der Waals surface area contributed by atoms with Crippen LogP contribution in [0.3, 0.4) is 0 Å². The van der Waals surface area contributed by atoms with Crippen LogP contribution in [0.15, 0.2) is 48.6 Å². The van der Waals surface area contributed by atoms with Gasteiger partial charge in [0.05, 0.1) is 0 Å². The van der Waals surface area contributed by atoms with E-state index in [1.54, 1.807) is 0 Å². The SMILES string of the molecule is CC/C=C\C/C=C\CCCCCCCC(=O)OCC(COC(=O)CCCCCCCC/C=C\C=C/CCCCC)OC(=O)CCCCCCCCCCCCCCCC. The van der Waals surface area contributed by atoms with E-state index in [1.807, 2.05) is 0 Å². The molecule has 0 aliphatic rings. The summed E-state index contributed by atoms with van der Waals surface area (Å²) < 4.78 is 16.8. The molecular formula is C53H94O6. The van der Waals surface area contributed by atoms with Gasteiger partial charge in [-0.1, -0.05) is 211 Å². The third-order valence-corrected chi connectivity index (χ3v) is 10.8. The van der Waals surface area contributed by atoms with Crippen molar-refractivity contribution in [1.29, 1.82) is 0 Å². The van der Waals surface area contributed by atoms with E-state index in [-0.39, 0.29) is 31.1 Å². The van der Waals surface area contributed by atoms with Crippen LogP contribution in [0, 0.1) is 0 Å². The predicted octanol–water partition coefficient (Wildman–Crippen LogP) is 16.3. The van der Waals surface area contributed by atoms with Crippen molar-refractivity contribution in [1.82, 2.24) is 0 Å². The first-order chi connectivity index (χ1) is 29.0. The van der Waals surface area contributed by atoms with Crippen molar-refractivity contribution in [2.75, 3.05) is 13.2 Å². The Kier molecular flexibility index (Phi) is 45.9. The van der Waals surface area contributed by atoms with Crippen LogP contribution in [0.4, 0.5) is 0 Å². The molecule has 0 N–H and O–H groups in total. The molecule has 0 saturated heterocycles. The lowest BCUT2D eigenvalue weighted by atomic mass is 10.0. The number of unbranched alkanes of at least 4 members (excludes halogenated alkanes) is 27. The lowest BCUT2D eigenvalue weighted by Crippen LogP contribution is -2.30. The summed E-state index contributed by atoms with van der Waals surface area (Å²) in [7, 11) is 0. The third-order valence-electron chi connectivity index (χ3n) is 10.8. The Labute approximate surface area is 365 Å². The van der Waals surface area contributed by atoms with Crippen LogP contribution in [0.5, 0.6) is 0 Å². The third kappa shape index (κ3) is 46.3. The number of rotatable bonds is 45. The molecule has 0 bridgehead atoms. The van der Waals surface area contributed by atoms with E-state index in [4.69, 9.17) is 14.2 Å². The van der Waals surface area contributed by atoms with Crippen LogP contribution in [-0.4, -0.2) is 37.2 Å². The molecule has 0 fully saturated rings. The highest BCUT2D eigenvalue weighted by molar-refractivity contribution is 5.71. The highest BCUT2D eigenvalue weighted by Crippen LogP contribution is 2.15. The fraction of sp³-hybridized carbons (Fsp3) is 0.792. The van der Waals surface area contributed by atoms with Gasteiger partial charge in [0.2, 0.25) is 0 Å². The van der Waals surface area contributed by atoms with E-state index in [1.165, 1.54) is 122 Å². The summed E-state index contributed by atoms with van der Waals surface area (Å²) in [5, 5.41) is 0. The van der Waals surface area contributed by atoms with Gasteiger partial charge in [0.15, 0.2) is 6.10 Å². The van der Waals surface area contributed by atoms with Crippen molar-refractivity contribution in [3.8, 4) is 0 Å². The van der Waals surface area contributed by atoms with Gasteiger partial charge in [-0.3, -0.25) is 14.4 Å². The van der Waals surface area contributed by atoms with Gasteiger partial charge in [0, 0.05) is 19.3 Å². The quantitative estimate of drug-likeness (QED) is 0.0200. The molecule has 0 spiro atoms. The van der Waals surface area contributed by atoms with E-state index in [0.717, 1.165) is 89.9 Å². The minimum absolute atomic E-state index is 0.0820. The van der Waals surface area contributed by atoms with Gasteiger partial charge in [0.25, 0.3) is 0 Å². The average Bonchev–Trinajstić information content (AvgIpc) is 3.23. The molecule has 0 aliphatic carbocycles. The zero-order valence-electron chi connectivity index (χ0n) is 39.0. The monoisotopic (exact) mass is 827 g/mol. The number of esters is 3. The highest BCUT2D eigenvalue weighted by atomic mass is 16.6. The van der Waals surface area contributed by atoms with Gasteiger partial charge < -0.3 is 14.2 Å². The summed E-state index contributed by atoms with van der Waals surface area (Å²) >= 11 is 0. The molecule has 342 valence electrons. The predicted molar refractivity (Wildman–Crippen MR) is 252 cm³/mol. The number of carbonyl (C=O) groups is 3. The van der Waals surface area contributed by atoms with Crippen molar-refractivity contribution in [2.24, 2.45) is 0 Å². The fourth-order valence-corrected chi connectivity index (χ4v) is 7.06. The molecule has 0 rings (SSSR count). The van der Waals surface area contributed by atoms with Gasteiger partial charge in [-0.2, -0.15) is 0 Å². The molecule has 0 aromatic heterocycles. The van der Waals surface area contributed by atoms with Crippen molar-refractivity contribution >= 4 is 17.9 Å². The lowest BCUT2D eigenvalue weighted by Gasteiger charge is -2.18. The van der Waals surface area contributed by atoms with Crippen molar-refractivity contribution in [3.05, 3.63) is 48.6 Å². The molecule has 1 atom stereocenters. The van der Waals surface area contributed by atoms with Crippen molar-refractivity contribution in [2.45, 2.75) is 258 Å². The molecule has 0 aromatic rings.